The average molecular weight is 285 g/mol. The molecule has 1 saturated heterocycles. The second-order valence-corrected chi connectivity index (χ2v) is 4.67. The molecule has 1 amide bonds. The van der Waals surface area contributed by atoms with Crippen molar-refractivity contribution in [2.24, 2.45) is 0 Å². The fraction of sp³-hybridized carbons (Fsp3) is 0.583. The molecule has 0 aliphatic carbocycles. The molecule has 0 bridgehead atoms. The Morgan fingerprint density at radius 1 is 1.47 bits per heavy atom. The van der Waals surface area contributed by atoms with Crippen molar-refractivity contribution in [2.75, 3.05) is 38.2 Å². The number of amides is 1. The Morgan fingerprint density at radius 3 is 2.95 bits per heavy atom. The molecular formula is C12H17ClN4O2. The third kappa shape index (κ3) is 3.78. The highest BCUT2D eigenvalue weighted by Gasteiger charge is 2.16. The Kier molecular flexibility index (Phi) is 4.93. The van der Waals surface area contributed by atoms with E-state index in [-0.39, 0.29) is 5.91 Å². The van der Waals surface area contributed by atoms with Crippen LogP contribution in [0.15, 0.2) is 6.33 Å². The maximum atomic E-state index is 11.9. The molecule has 1 fully saturated rings. The summed E-state index contributed by atoms with van der Waals surface area (Å²) in [6, 6.07) is 0. The molecule has 104 valence electrons. The molecule has 0 spiro atoms. The van der Waals surface area contributed by atoms with E-state index >= 15 is 0 Å². The van der Waals surface area contributed by atoms with E-state index in [1.54, 1.807) is 0 Å². The quantitative estimate of drug-likeness (QED) is 0.839. The number of ether oxygens (including phenoxy) is 1. The first-order chi connectivity index (χ1) is 9.18. The zero-order valence-electron chi connectivity index (χ0n) is 10.9. The number of nitrogens with zero attached hydrogens (tertiary/aromatic N) is 3. The molecule has 0 atom stereocenters. The minimum absolute atomic E-state index is 0.133. The smallest absolute Gasteiger partial charge is 0.224 e. The Morgan fingerprint density at radius 2 is 2.21 bits per heavy atom. The van der Waals surface area contributed by atoms with Gasteiger partial charge in [-0.2, -0.15) is 0 Å². The molecule has 0 saturated carbocycles. The third-order valence-corrected chi connectivity index (χ3v) is 3.40. The highest BCUT2D eigenvalue weighted by atomic mass is 35.5. The van der Waals surface area contributed by atoms with E-state index < -0.39 is 0 Å². The molecule has 0 radical (unpaired) electrons. The van der Waals surface area contributed by atoms with Crippen LogP contribution in [0.1, 0.15) is 12.0 Å². The van der Waals surface area contributed by atoms with E-state index in [1.807, 2.05) is 11.8 Å². The highest BCUT2D eigenvalue weighted by molar-refractivity contribution is 6.30. The Hall–Kier alpha value is -1.40. The zero-order valence-corrected chi connectivity index (χ0v) is 11.6. The van der Waals surface area contributed by atoms with E-state index in [4.69, 9.17) is 16.3 Å². The summed E-state index contributed by atoms with van der Waals surface area (Å²) in [7, 11) is 0. The van der Waals surface area contributed by atoms with Gasteiger partial charge in [0.2, 0.25) is 5.91 Å². The number of aromatic nitrogens is 2. The lowest BCUT2D eigenvalue weighted by Crippen LogP contribution is -2.41. The molecule has 0 aromatic carbocycles. The number of morpholine rings is 1. The zero-order chi connectivity index (χ0) is 13.7. The second-order valence-electron chi connectivity index (χ2n) is 4.31. The van der Waals surface area contributed by atoms with Crippen LogP contribution >= 0.6 is 11.6 Å². The van der Waals surface area contributed by atoms with Gasteiger partial charge in [0, 0.05) is 31.6 Å². The number of carbonyl (C=O) groups is 1. The van der Waals surface area contributed by atoms with Gasteiger partial charge in [0.1, 0.15) is 17.3 Å². The molecule has 1 aliphatic heterocycles. The third-order valence-electron chi connectivity index (χ3n) is 3.02. The summed E-state index contributed by atoms with van der Waals surface area (Å²) in [5, 5.41) is 3.54. The number of nitrogens with one attached hydrogen (secondary N) is 1. The SMILES string of the molecule is Cc1c(Cl)ncnc1NCCC(=O)N1CCOCC1. The normalized spacial score (nSPS) is 15.4. The summed E-state index contributed by atoms with van der Waals surface area (Å²) in [4.78, 5) is 21.7. The standard InChI is InChI=1S/C12H17ClN4O2/c1-9-11(13)15-8-16-12(9)14-3-2-10(18)17-4-6-19-7-5-17/h8H,2-7H2,1H3,(H,14,15,16). The van der Waals surface area contributed by atoms with Crippen molar-refractivity contribution in [3.05, 3.63) is 17.0 Å². The monoisotopic (exact) mass is 284 g/mol. The number of halogens is 1. The van der Waals surface area contributed by atoms with Crippen LogP contribution in [0.4, 0.5) is 5.82 Å². The van der Waals surface area contributed by atoms with Gasteiger partial charge in [-0.05, 0) is 6.92 Å². The van der Waals surface area contributed by atoms with Crippen LogP contribution in [0, 0.1) is 6.92 Å². The number of rotatable bonds is 4. The summed E-state index contributed by atoms with van der Waals surface area (Å²) < 4.78 is 5.21. The van der Waals surface area contributed by atoms with Crippen LogP contribution in [-0.2, 0) is 9.53 Å². The Labute approximate surface area is 117 Å². The minimum atomic E-state index is 0.133. The fourth-order valence-electron chi connectivity index (χ4n) is 1.87. The lowest BCUT2D eigenvalue weighted by Gasteiger charge is -2.26. The van der Waals surface area contributed by atoms with Gasteiger partial charge in [-0.3, -0.25) is 4.79 Å². The highest BCUT2D eigenvalue weighted by Crippen LogP contribution is 2.17. The molecule has 19 heavy (non-hydrogen) atoms. The van der Waals surface area contributed by atoms with Crippen molar-refractivity contribution < 1.29 is 9.53 Å². The van der Waals surface area contributed by atoms with Crippen LogP contribution in [0.3, 0.4) is 0 Å². The first-order valence-electron chi connectivity index (χ1n) is 6.25. The lowest BCUT2D eigenvalue weighted by molar-refractivity contribution is -0.134. The Bertz CT molecular complexity index is 449. The van der Waals surface area contributed by atoms with Crippen molar-refractivity contribution in [3.8, 4) is 0 Å². The number of anilines is 1. The van der Waals surface area contributed by atoms with Crippen LogP contribution in [-0.4, -0.2) is 53.6 Å². The molecule has 2 rings (SSSR count). The first kappa shape index (κ1) is 14.0. The van der Waals surface area contributed by atoms with Crippen molar-refractivity contribution in [3.63, 3.8) is 0 Å². The van der Waals surface area contributed by atoms with E-state index in [1.165, 1.54) is 6.33 Å². The molecule has 7 heteroatoms. The van der Waals surface area contributed by atoms with Crippen molar-refractivity contribution in [2.45, 2.75) is 13.3 Å². The molecule has 1 aromatic heterocycles. The van der Waals surface area contributed by atoms with E-state index in [0.717, 1.165) is 5.56 Å². The summed E-state index contributed by atoms with van der Waals surface area (Å²) in [6.07, 6.45) is 1.84. The first-order valence-corrected chi connectivity index (χ1v) is 6.63. The largest absolute Gasteiger partial charge is 0.378 e. The summed E-state index contributed by atoms with van der Waals surface area (Å²) in [5.74, 6) is 0.809. The van der Waals surface area contributed by atoms with E-state index in [0.29, 0.717) is 50.2 Å². The Balaban J connectivity index is 1.79. The molecule has 1 aromatic rings. The molecular weight excluding hydrogens is 268 g/mol. The van der Waals surface area contributed by atoms with Gasteiger partial charge in [-0.1, -0.05) is 11.6 Å². The fourth-order valence-corrected chi connectivity index (χ4v) is 2.00. The maximum Gasteiger partial charge on any atom is 0.224 e. The van der Waals surface area contributed by atoms with Gasteiger partial charge in [0.25, 0.3) is 0 Å². The van der Waals surface area contributed by atoms with Crippen molar-refractivity contribution >= 4 is 23.3 Å². The van der Waals surface area contributed by atoms with Crippen molar-refractivity contribution in [1.29, 1.82) is 0 Å². The van der Waals surface area contributed by atoms with Gasteiger partial charge in [0.15, 0.2) is 0 Å². The van der Waals surface area contributed by atoms with Gasteiger partial charge >= 0.3 is 0 Å². The summed E-state index contributed by atoms with van der Waals surface area (Å²) in [5.41, 5.74) is 0.794. The van der Waals surface area contributed by atoms with E-state index in [2.05, 4.69) is 15.3 Å². The number of hydrogen-bond donors (Lipinski definition) is 1. The molecule has 0 unspecified atom stereocenters. The van der Waals surface area contributed by atoms with Crippen LogP contribution in [0.5, 0.6) is 0 Å². The molecule has 1 N–H and O–H groups in total. The van der Waals surface area contributed by atoms with E-state index in [9.17, 15) is 4.79 Å². The van der Waals surface area contributed by atoms with Gasteiger partial charge < -0.3 is 15.0 Å². The maximum absolute atomic E-state index is 11.9. The topological polar surface area (TPSA) is 67.4 Å². The molecule has 2 heterocycles. The number of hydrogen-bond acceptors (Lipinski definition) is 5. The lowest BCUT2D eigenvalue weighted by atomic mass is 10.3. The van der Waals surface area contributed by atoms with Gasteiger partial charge in [0.05, 0.1) is 13.2 Å². The van der Waals surface area contributed by atoms with Gasteiger partial charge in [-0.25, -0.2) is 9.97 Å². The predicted molar refractivity (Wildman–Crippen MR) is 72.3 cm³/mol. The average Bonchev–Trinajstić information content (AvgIpc) is 2.44. The molecule has 6 nitrogen and oxygen atoms in total. The predicted octanol–water partition coefficient (Wildman–Crippen LogP) is 1.10. The second kappa shape index (κ2) is 6.68. The van der Waals surface area contributed by atoms with Crippen LogP contribution < -0.4 is 5.32 Å². The van der Waals surface area contributed by atoms with Crippen molar-refractivity contribution in [1.82, 2.24) is 14.9 Å². The van der Waals surface area contributed by atoms with Gasteiger partial charge in [-0.15, -0.1) is 0 Å². The van der Waals surface area contributed by atoms with Crippen LogP contribution in [0.2, 0.25) is 5.15 Å². The van der Waals surface area contributed by atoms with Crippen LogP contribution in [0.25, 0.3) is 0 Å². The number of carbonyl (C=O) groups excluding carboxylic acids is 1. The summed E-state index contributed by atoms with van der Waals surface area (Å²) in [6.45, 7) is 4.98. The molecule has 1 aliphatic rings. The summed E-state index contributed by atoms with van der Waals surface area (Å²) >= 11 is 5.90. The minimum Gasteiger partial charge on any atom is -0.378 e.